The molecule has 0 aromatic carbocycles. The summed E-state index contributed by atoms with van der Waals surface area (Å²) in [5.41, 5.74) is 6.02. The largest absolute Gasteiger partial charge is 0.490 e. The summed E-state index contributed by atoms with van der Waals surface area (Å²) in [5, 5.41) is 21.0. The van der Waals surface area contributed by atoms with Gasteiger partial charge in [-0.1, -0.05) is 0 Å². The van der Waals surface area contributed by atoms with Crippen LogP contribution in [0.15, 0.2) is 18.6 Å². The van der Waals surface area contributed by atoms with Crippen molar-refractivity contribution in [3.63, 3.8) is 0 Å². The first-order valence-corrected chi connectivity index (χ1v) is 12.9. The van der Waals surface area contributed by atoms with Gasteiger partial charge in [-0.2, -0.15) is 8.62 Å². The van der Waals surface area contributed by atoms with Crippen LogP contribution in [0.25, 0.3) is 11.0 Å². The molecule has 32 heavy (non-hydrogen) atoms. The maximum absolute atomic E-state index is 11.9. The summed E-state index contributed by atoms with van der Waals surface area (Å²) < 4.78 is 57.6. The molecule has 7 unspecified atom stereocenters. The molecule has 1 fully saturated rings. The van der Waals surface area contributed by atoms with E-state index in [1.165, 1.54) is 17.1 Å². The second-order valence-corrected chi connectivity index (χ2v) is 11.1. The number of hydrogen-bond donors (Lipinski definition) is 6. The molecule has 2 aromatic heterocycles. The molecule has 17 nitrogen and oxygen atoms in total. The molecule has 3 rings (SSSR count). The van der Waals surface area contributed by atoms with Crippen molar-refractivity contribution < 1.29 is 61.0 Å². The molecule has 0 spiro atoms. The molecule has 3 heterocycles. The minimum absolute atomic E-state index is 0.164. The number of rotatable bonds is 9. The van der Waals surface area contributed by atoms with Crippen LogP contribution >= 0.6 is 23.5 Å². The fraction of sp³-hybridized carbons (Fsp3) is 0.500. The SMILES string of the molecule is COP(=O)(O)OP(=O)(O)OP(=O)(O)OCC1OC(n2ccc3c(N)ncnc32)C(O)C1O. The van der Waals surface area contributed by atoms with Gasteiger partial charge in [0, 0.05) is 13.3 Å². The zero-order valence-electron chi connectivity index (χ0n) is 16.0. The number of aliphatic hydroxyl groups is 2. The van der Waals surface area contributed by atoms with E-state index in [0.717, 1.165) is 0 Å². The Labute approximate surface area is 179 Å². The van der Waals surface area contributed by atoms with Gasteiger partial charge in [-0.25, -0.2) is 23.7 Å². The Balaban J connectivity index is 1.68. The van der Waals surface area contributed by atoms with Crippen molar-refractivity contribution in [2.45, 2.75) is 24.5 Å². The Hall–Kier alpha value is -1.29. The van der Waals surface area contributed by atoms with Crippen molar-refractivity contribution in [2.24, 2.45) is 0 Å². The third kappa shape index (κ3) is 5.61. The molecular weight excluding hydrogens is 501 g/mol. The van der Waals surface area contributed by atoms with Crippen LogP contribution < -0.4 is 5.73 Å². The van der Waals surface area contributed by atoms with Crippen LogP contribution in [0, 0.1) is 0 Å². The Morgan fingerprint density at radius 1 is 1.09 bits per heavy atom. The van der Waals surface area contributed by atoms with Crippen molar-refractivity contribution in [2.75, 3.05) is 19.5 Å². The van der Waals surface area contributed by atoms with Crippen LogP contribution in [-0.4, -0.2) is 71.5 Å². The number of nitrogens with two attached hydrogens (primary N) is 1. The molecule has 7 atom stereocenters. The Kier molecular flexibility index (Phi) is 7.25. The fourth-order valence-corrected chi connectivity index (χ4v) is 6.06. The molecule has 2 aromatic rings. The van der Waals surface area contributed by atoms with Gasteiger partial charge >= 0.3 is 23.5 Å². The smallest absolute Gasteiger partial charge is 0.387 e. The molecule has 0 radical (unpaired) electrons. The van der Waals surface area contributed by atoms with Gasteiger partial charge in [-0.3, -0.25) is 9.05 Å². The van der Waals surface area contributed by atoms with Gasteiger partial charge in [0.2, 0.25) is 0 Å². The number of phosphoric acid groups is 3. The fourth-order valence-electron chi connectivity index (χ4n) is 2.79. The molecular formula is C12H19N4O13P3. The number of aromatic nitrogens is 3. The average molecular weight is 520 g/mol. The van der Waals surface area contributed by atoms with E-state index in [-0.39, 0.29) is 11.5 Å². The number of phosphoric ester groups is 2. The minimum atomic E-state index is -5.58. The van der Waals surface area contributed by atoms with Crippen molar-refractivity contribution in [3.8, 4) is 0 Å². The van der Waals surface area contributed by atoms with E-state index in [4.69, 9.17) is 15.4 Å². The first-order valence-electron chi connectivity index (χ1n) is 8.45. The number of ether oxygens (including phenoxy) is 1. The highest BCUT2D eigenvalue weighted by atomic mass is 31.3. The topological polar surface area (TPSA) is 255 Å². The van der Waals surface area contributed by atoms with Crippen molar-refractivity contribution >= 4 is 40.3 Å². The summed E-state index contributed by atoms with van der Waals surface area (Å²) >= 11 is 0. The maximum atomic E-state index is 11.9. The number of nitrogen functional groups attached to an aromatic ring is 1. The lowest BCUT2D eigenvalue weighted by molar-refractivity contribution is -0.0500. The predicted octanol–water partition coefficient (Wildman–Crippen LogP) is -0.370. The number of hydrogen-bond acceptors (Lipinski definition) is 13. The minimum Gasteiger partial charge on any atom is -0.387 e. The van der Waals surface area contributed by atoms with Crippen LogP contribution in [0.4, 0.5) is 5.82 Å². The molecule has 0 saturated carbocycles. The van der Waals surface area contributed by atoms with Gasteiger partial charge in [-0.15, -0.1) is 0 Å². The lowest BCUT2D eigenvalue weighted by atomic mass is 10.1. The number of fused-ring (bicyclic) bond motifs is 1. The van der Waals surface area contributed by atoms with Crippen LogP contribution in [0.1, 0.15) is 6.23 Å². The summed E-state index contributed by atoms with van der Waals surface area (Å²) in [6.07, 6.45) is -3.14. The molecule has 1 aliphatic rings. The van der Waals surface area contributed by atoms with E-state index >= 15 is 0 Å². The Morgan fingerprint density at radius 2 is 1.75 bits per heavy atom. The lowest BCUT2D eigenvalue weighted by Crippen LogP contribution is -2.33. The van der Waals surface area contributed by atoms with Gasteiger partial charge in [0.1, 0.15) is 36.1 Å². The highest BCUT2D eigenvalue weighted by Gasteiger charge is 2.47. The first kappa shape index (κ1) is 25.3. The summed E-state index contributed by atoms with van der Waals surface area (Å²) in [7, 11) is -15.3. The third-order valence-corrected chi connectivity index (χ3v) is 8.44. The maximum Gasteiger partial charge on any atom is 0.490 e. The number of aliphatic hydroxyl groups excluding tert-OH is 2. The Bertz CT molecular complexity index is 1130. The van der Waals surface area contributed by atoms with Gasteiger partial charge in [0.05, 0.1) is 12.0 Å². The van der Waals surface area contributed by atoms with Crippen LogP contribution in [0.5, 0.6) is 0 Å². The highest BCUT2D eigenvalue weighted by molar-refractivity contribution is 7.66. The zero-order valence-corrected chi connectivity index (χ0v) is 18.7. The number of anilines is 1. The molecule has 0 bridgehead atoms. The zero-order chi connectivity index (χ0) is 23.9. The van der Waals surface area contributed by atoms with E-state index in [2.05, 4.69) is 27.6 Å². The van der Waals surface area contributed by atoms with Crippen LogP contribution in [-0.2, 0) is 36.1 Å². The van der Waals surface area contributed by atoms with Crippen molar-refractivity contribution in [1.82, 2.24) is 14.5 Å². The van der Waals surface area contributed by atoms with E-state index in [9.17, 15) is 33.7 Å². The molecule has 0 aliphatic carbocycles. The van der Waals surface area contributed by atoms with E-state index in [1.54, 1.807) is 6.07 Å². The number of nitrogens with zero attached hydrogens (tertiary/aromatic N) is 3. The lowest BCUT2D eigenvalue weighted by Gasteiger charge is -2.19. The van der Waals surface area contributed by atoms with E-state index in [0.29, 0.717) is 12.5 Å². The molecule has 7 N–H and O–H groups in total. The van der Waals surface area contributed by atoms with Gasteiger partial charge < -0.3 is 39.9 Å². The molecule has 0 amide bonds. The molecule has 180 valence electrons. The Morgan fingerprint density at radius 3 is 2.41 bits per heavy atom. The molecule has 1 saturated heterocycles. The highest BCUT2D eigenvalue weighted by Crippen LogP contribution is 2.67. The second-order valence-electron chi connectivity index (χ2n) is 6.31. The van der Waals surface area contributed by atoms with Gasteiger partial charge in [-0.05, 0) is 6.07 Å². The summed E-state index contributed by atoms with van der Waals surface area (Å²) in [6, 6.07) is 1.55. The summed E-state index contributed by atoms with van der Waals surface area (Å²) in [6.45, 7) is -0.903. The normalized spacial score (nSPS) is 29.4. The van der Waals surface area contributed by atoms with E-state index < -0.39 is 54.6 Å². The quantitative estimate of drug-likeness (QED) is 0.231. The van der Waals surface area contributed by atoms with Crippen LogP contribution in [0.2, 0.25) is 0 Å². The van der Waals surface area contributed by atoms with Crippen molar-refractivity contribution in [3.05, 3.63) is 18.6 Å². The monoisotopic (exact) mass is 520 g/mol. The van der Waals surface area contributed by atoms with Gasteiger partial charge in [0.15, 0.2) is 6.23 Å². The third-order valence-electron chi connectivity index (χ3n) is 4.20. The van der Waals surface area contributed by atoms with Gasteiger partial charge in [0.25, 0.3) is 0 Å². The second kappa shape index (κ2) is 9.16. The summed E-state index contributed by atoms with van der Waals surface area (Å²) in [5.74, 6) is 0.164. The van der Waals surface area contributed by atoms with Crippen molar-refractivity contribution in [1.29, 1.82) is 0 Å². The average Bonchev–Trinajstić information content (AvgIpc) is 3.21. The van der Waals surface area contributed by atoms with Crippen LogP contribution in [0.3, 0.4) is 0 Å². The molecule has 20 heteroatoms. The van der Waals surface area contributed by atoms with E-state index in [1.807, 2.05) is 0 Å². The summed E-state index contributed by atoms with van der Waals surface area (Å²) in [4.78, 5) is 35.8. The predicted molar refractivity (Wildman–Crippen MR) is 102 cm³/mol. The molecule has 1 aliphatic heterocycles. The first-order chi connectivity index (χ1) is 14.8. The standard InChI is InChI=1S/C12H19N4O13P3/c1-25-30(19,20)28-32(23,24)29-31(21,22)26-4-7-8(17)9(18)12(27-7)16-3-2-6-10(13)14-5-15-11(6)16/h2-3,5,7-9,12,17-18H,4H2,1H3,(H,19,20)(H,21,22)(H,23,24)(H2,13,14,15).